The van der Waals surface area contributed by atoms with E-state index in [0.717, 1.165) is 43.4 Å². The molecule has 1 atom stereocenters. The maximum Gasteiger partial charge on any atom is 0.227 e. The van der Waals surface area contributed by atoms with E-state index < -0.39 is 0 Å². The molecule has 0 saturated carbocycles. The number of rotatable bonds is 4. The number of nitrogens with two attached hydrogens (primary N) is 1. The molecule has 3 rings (SSSR count). The smallest absolute Gasteiger partial charge is 0.227 e. The molecular formula is C22H33N5. The Morgan fingerprint density at radius 1 is 1.22 bits per heavy atom. The third-order valence-electron chi connectivity index (χ3n) is 5.14. The van der Waals surface area contributed by atoms with Gasteiger partial charge in [-0.05, 0) is 53.5 Å². The first-order valence-electron chi connectivity index (χ1n) is 9.98. The summed E-state index contributed by atoms with van der Waals surface area (Å²) < 4.78 is 0. The summed E-state index contributed by atoms with van der Waals surface area (Å²) in [6, 6.07) is 8.89. The fourth-order valence-electron chi connectivity index (χ4n) is 3.40. The zero-order chi connectivity index (χ0) is 19.6. The molecule has 1 fully saturated rings. The van der Waals surface area contributed by atoms with Gasteiger partial charge in [0.15, 0.2) is 0 Å². The fourth-order valence-corrected chi connectivity index (χ4v) is 3.40. The molecule has 1 aromatic heterocycles. The summed E-state index contributed by atoms with van der Waals surface area (Å²) in [6.07, 6.45) is 3.99. The van der Waals surface area contributed by atoms with Gasteiger partial charge < -0.3 is 16.0 Å². The first kappa shape index (κ1) is 19.6. The van der Waals surface area contributed by atoms with Gasteiger partial charge >= 0.3 is 0 Å². The molecule has 1 aromatic carbocycles. The lowest BCUT2D eigenvalue weighted by atomic mass is 9.84. The lowest BCUT2D eigenvalue weighted by molar-refractivity contribution is 0.500. The first-order valence-corrected chi connectivity index (χ1v) is 9.98. The maximum absolute atomic E-state index is 6.11. The topological polar surface area (TPSA) is 67.1 Å². The molecule has 1 unspecified atom stereocenters. The van der Waals surface area contributed by atoms with E-state index in [9.17, 15) is 0 Å². The predicted octanol–water partition coefficient (Wildman–Crippen LogP) is 4.57. The molecule has 1 aliphatic rings. The summed E-state index contributed by atoms with van der Waals surface area (Å²) in [7, 11) is 0. The van der Waals surface area contributed by atoms with Crippen molar-refractivity contribution in [2.75, 3.05) is 23.3 Å². The van der Waals surface area contributed by atoms with Crippen LogP contribution in [0.3, 0.4) is 0 Å². The summed E-state index contributed by atoms with van der Waals surface area (Å²) in [4.78, 5) is 11.4. The van der Waals surface area contributed by atoms with Gasteiger partial charge in [0.2, 0.25) is 5.95 Å². The van der Waals surface area contributed by atoms with Crippen LogP contribution in [0, 0.1) is 0 Å². The zero-order valence-electron chi connectivity index (χ0n) is 17.3. The second kappa shape index (κ2) is 7.85. The number of piperidine rings is 1. The Morgan fingerprint density at radius 3 is 2.67 bits per heavy atom. The van der Waals surface area contributed by atoms with Crippen molar-refractivity contribution in [3.8, 4) is 0 Å². The van der Waals surface area contributed by atoms with Crippen molar-refractivity contribution >= 4 is 17.5 Å². The highest BCUT2D eigenvalue weighted by Crippen LogP contribution is 2.30. The van der Waals surface area contributed by atoms with E-state index >= 15 is 0 Å². The standard InChI is InChI=1S/C22H33N5/c1-15(2)16-11-17(22(3,4)5)13-19(12-16)25-20-8-9-24-21(26-20)27-10-6-7-18(23)14-27/h8-9,11-13,15,18H,6-7,10,14,23H2,1-5H3,(H,24,25,26). The first-order chi connectivity index (χ1) is 12.7. The summed E-state index contributed by atoms with van der Waals surface area (Å²) in [5.41, 5.74) is 9.95. The normalized spacial score (nSPS) is 18.0. The molecule has 0 spiro atoms. The van der Waals surface area contributed by atoms with E-state index in [1.54, 1.807) is 0 Å². The second-order valence-electron chi connectivity index (χ2n) is 8.96. The van der Waals surface area contributed by atoms with E-state index in [2.05, 4.69) is 68.0 Å². The van der Waals surface area contributed by atoms with Gasteiger partial charge in [-0.3, -0.25) is 0 Å². The summed E-state index contributed by atoms with van der Waals surface area (Å²) in [5, 5.41) is 3.49. The van der Waals surface area contributed by atoms with Gasteiger partial charge in [-0.25, -0.2) is 4.98 Å². The molecule has 1 aliphatic heterocycles. The van der Waals surface area contributed by atoms with Gasteiger partial charge in [0.05, 0.1) is 0 Å². The van der Waals surface area contributed by atoms with E-state index in [-0.39, 0.29) is 11.5 Å². The van der Waals surface area contributed by atoms with E-state index in [1.165, 1.54) is 11.1 Å². The van der Waals surface area contributed by atoms with Crippen molar-refractivity contribution in [3.63, 3.8) is 0 Å². The molecule has 5 nitrogen and oxygen atoms in total. The van der Waals surface area contributed by atoms with Crippen LogP contribution in [-0.2, 0) is 5.41 Å². The average molecular weight is 368 g/mol. The molecule has 2 aromatic rings. The highest BCUT2D eigenvalue weighted by Gasteiger charge is 2.20. The largest absolute Gasteiger partial charge is 0.340 e. The number of hydrogen-bond donors (Lipinski definition) is 2. The Labute approximate surface area is 163 Å². The Hall–Kier alpha value is -2.14. The van der Waals surface area contributed by atoms with Crippen molar-refractivity contribution in [1.29, 1.82) is 0 Å². The van der Waals surface area contributed by atoms with Crippen molar-refractivity contribution in [2.24, 2.45) is 5.73 Å². The van der Waals surface area contributed by atoms with Gasteiger partial charge in [-0.2, -0.15) is 4.98 Å². The lowest BCUT2D eigenvalue weighted by Gasteiger charge is -2.30. The third kappa shape index (κ3) is 4.98. The predicted molar refractivity (Wildman–Crippen MR) is 114 cm³/mol. The number of nitrogens with one attached hydrogen (secondary N) is 1. The highest BCUT2D eigenvalue weighted by atomic mass is 15.3. The molecule has 0 aliphatic carbocycles. The molecular weight excluding hydrogens is 334 g/mol. The highest BCUT2D eigenvalue weighted by molar-refractivity contribution is 5.60. The number of aromatic nitrogens is 2. The van der Waals surface area contributed by atoms with Crippen LogP contribution in [0.1, 0.15) is 64.5 Å². The quantitative estimate of drug-likeness (QED) is 0.828. The SMILES string of the molecule is CC(C)c1cc(Nc2ccnc(N3CCCC(N)C3)n2)cc(C(C)(C)C)c1. The van der Waals surface area contributed by atoms with Crippen LogP contribution in [0.15, 0.2) is 30.5 Å². The molecule has 2 heterocycles. The number of hydrogen-bond acceptors (Lipinski definition) is 5. The summed E-state index contributed by atoms with van der Waals surface area (Å²) >= 11 is 0. The second-order valence-corrected chi connectivity index (χ2v) is 8.96. The Kier molecular flexibility index (Phi) is 5.70. The average Bonchev–Trinajstić information content (AvgIpc) is 2.61. The van der Waals surface area contributed by atoms with Crippen LogP contribution in [0.25, 0.3) is 0 Å². The number of benzene rings is 1. The molecule has 146 valence electrons. The Balaban J connectivity index is 1.86. The molecule has 1 saturated heterocycles. The Morgan fingerprint density at radius 2 is 2.00 bits per heavy atom. The van der Waals surface area contributed by atoms with Crippen LogP contribution in [0.2, 0.25) is 0 Å². The maximum atomic E-state index is 6.11. The minimum absolute atomic E-state index is 0.0993. The van der Waals surface area contributed by atoms with Gasteiger partial charge in [-0.15, -0.1) is 0 Å². The van der Waals surface area contributed by atoms with Crippen LogP contribution in [0.4, 0.5) is 17.5 Å². The van der Waals surface area contributed by atoms with Crippen molar-refractivity contribution in [1.82, 2.24) is 9.97 Å². The lowest BCUT2D eigenvalue weighted by Crippen LogP contribution is -2.43. The van der Waals surface area contributed by atoms with E-state index in [0.29, 0.717) is 5.92 Å². The van der Waals surface area contributed by atoms with Crippen LogP contribution in [0.5, 0.6) is 0 Å². The summed E-state index contributed by atoms with van der Waals surface area (Å²) in [5.74, 6) is 2.05. The van der Waals surface area contributed by atoms with Gasteiger partial charge in [-0.1, -0.05) is 40.7 Å². The minimum Gasteiger partial charge on any atom is -0.340 e. The summed E-state index contributed by atoms with van der Waals surface area (Å²) in [6.45, 7) is 13.0. The fraction of sp³-hybridized carbons (Fsp3) is 0.545. The van der Waals surface area contributed by atoms with E-state index in [1.807, 2.05) is 12.3 Å². The molecule has 5 heteroatoms. The zero-order valence-corrected chi connectivity index (χ0v) is 17.3. The van der Waals surface area contributed by atoms with Crippen molar-refractivity contribution < 1.29 is 0 Å². The van der Waals surface area contributed by atoms with Gasteiger partial charge in [0.1, 0.15) is 5.82 Å². The van der Waals surface area contributed by atoms with E-state index in [4.69, 9.17) is 10.7 Å². The molecule has 0 radical (unpaired) electrons. The molecule has 0 amide bonds. The molecule has 3 N–H and O–H groups in total. The Bertz CT molecular complexity index is 779. The number of nitrogens with zero attached hydrogens (tertiary/aromatic N) is 3. The van der Waals surface area contributed by atoms with Crippen LogP contribution < -0.4 is 16.0 Å². The monoisotopic (exact) mass is 367 g/mol. The van der Waals surface area contributed by atoms with Gasteiger partial charge in [0, 0.05) is 31.0 Å². The minimum atomic E-state index is 0.0993. The van der Waals surface area contributed by atoms with Crippen molar-refractivity contribution in [3.05, 3.63) is 41.6 Å². The third-order valence-corrected chi connectivity index (χ3v) is 5.14. The molecule has 0 bridgehead atoms. The van der Waals surface area contributed by atoms with Crippen LogP contribution >= 0.6 is 0 Å². The van der Waals surface area contributed by atoms with Crippen LogP contribution in [-0.4, -0.2) is 29.1 Å². The van der Waals surface area contributed by atoms with Gasteiger partial charge in [0.25, 0.3) is 0 Å². The molecule has 27 heavy (non-hydrogen) atoms. The number of anilines is 3. The van der Waals surface area contributed by atoms with Crippen molar-refractivity contribution in [2.45, 2.75) is 64.8 Å².